The molecule has 0 aliphatic heterocycles. The Labute approximate surface area is 136 Å². The van der Waals surface area contributed by atoms with Gasteiger partial charge in [0.25, 0.3) is 0 Å². The van der Waals surface area contributed by atoms with Crippen LogP contribution >= 0.6 is 0 Å². The van der Waals surface area contributed by atoms with Gasteiger partial charge in [0, 0.05) is 18.3 Å². The normalized spacial score (nSPS) is 9.30. The average molecular weight is 309 g/mol. The Morgan fingerprint density at radius 3 is 2.22 bits per heavy atom. The molecule has 1 N–H and O–H groups in total. The topological polar surface area (TPSA) is 89.8 Å². The highest BCUT2D eigenvalue weighted by atomic mass is 16.4. The van der Waals surface area contributed by atoms with Crippen LogP contribution in [-0.2, 0) is 13.5 Å². The van der Waals surface area contributed by atoms with Crippen molar-refractivity contribution in [1.82, 2.24) is 4.57 Å². The number of nitriles is 2. The second kappa shape index (κ2) is 7.82. The first-order valence-corrected chi connectivity index (χ1v) is 7.30. The molecule has 2 rings (SSSR count). The van der Waals surface area contributed by atoms with Crippen molar-refractivity contribution in [3.8, 4) is 23.3 Å². The molecule has 1 aromatic heterocycles. The number of aromatic nitrogens is 1. The van der Waals surface area contributed by atoms with Crippen LogP contribution in [0, 0.1) is 29.6 Å². The Morgan fingerprint density at radius 1 is 1.22 bits per heavy atom. The Hall–Kier alpha value is -3.05. The Bertz CT molecular complexity index is 788. The minimum atomic E-state index is -1.07. The molecular weight excluding hydrogens is 290 g/mol. The third kappa shape index (κ3) is 3.41. The molecule has 5 nitrogen and oxygen atoms in total. The largest absolute Gasteiger partial charge is 0.477 e. The smallest absolute Gasteiger partial charge is 0.353 e. The third-order valence-electron chi connectivity index (χ3n) is 3.53. The van der Waals surface area contributed by atoms with Gasteiger partial charge in [-0.3, -0.25) is 0 Å². The zero-order chi connectivity index (χ0) is 17.6. The molecule has 0 amide bonds. The van der Waals surface area contributed by atoms with Gasteiger partial charge in [-0.25, -0.2) is 4.79 Å². The van der Waals surface area contributed by atoms with Crippen LogP contribution in [0.5, 0.6) is 0 Å². The average Bonchev–Trinajstić information content (AvgIpc) is 2.82. The number of nitrogens with zero attached hydrogens (tertiary/aromatic N) is 3. The molecule has 0 bridgehead atoms. The minimum absolute atomic E-state index is 0.0945. The second-order valence-electron chi connectivity index (χ2n) is 4.69. The lowest BCUT2D eigenvalue weighted by Crippen LogP contribution is -2.06. The van der Waals surface area contributed by atoms with E-state index in [2.05, 4.69) is 12.1 Å². The number of carboxylic acid groups (broad SMARTS) is 1. The molecule has 5 heteroatoms. The number of aromatic carboxylic acids is 1. The van der Waals surface area contributed by atoms with E-state index in [1.165, 1.54) is 4.57 Å². The molecule has 118 valence electrons. The molecule has 0 atom stereocenters. The summed E-state index contributed by atoms with van der Waals surface area (Å²) < 4.78 is 1.51. The standard InChI is InChI=1S/C16H13N3O2.C2H6/c1-10-13(9-18)14(15(16(20)21)19(10)2)12-5-3-11(4-6-12)7-8-17;1-2/h3-6H,7H2,1-2H3,(H,20,21);1-2H3. The van der Waals surface area contributed by atoms with Crippen molar-refractivity contribution in [1.29, 1.82) is 10.5 Å². The van der Waals surface area contributed by atoms with Crippen molar-refractivity contribution in [2.24, 2.45) is 7.05 Å². The molecule has 2 aromatic rings. The van der Waals surface area contributed by atoms with Gasteiger partial charge in [-0.15, -0.1) is 0 Å². The Morgan fingerprint density at radius 2 is 1.78 bits per heavy atom. The van der Waals surface area contributed by atoms with Gasteiger partial charge in [0.2, 0.25) is 0 Å². The maximum Gasteiger partial charge on any atom is 0.353 e. The lowest BCUT2D eigenvalue weighted by Gasteiger charge is -2.04. The molecular formula is C18H19N3O2. The minimum Gasteiger partial charge on any atom is -0.477 e. The van der Waals surface area contributed by atoms with Crippen LogP contribution in [0.2, 0.25) is 0 Å². The van der Waals surface area contributed by atoms with E-state index in [0.717, 1.165) is 5.56 Å². The van der Waals surface area contributed by atoms with E-state index in [9.17, 15) is 15.2 Å². The first kappa shape index (κ1) is 18.0. The SMILES string of the molecule is CC.Cc1c(C#N)c(-c2ccc(CC#N)cc2)c(C(=O)O)n1C. The van der Waals surface area contributed by atoms with Crippen LogP contribution in [0.25, 0.3) is 11.1 Å². The summed E-state index contributed by atoms with van der Waals surface area (Å²) >= 11 is 0. The monoisotopic (exact) mass is 309 g/mol. The summed E-state index contributed by atoms with van der Waals surface area (Å²) in [6.45, 7) is 5.72. The van der Waals surface area contributed by atoms with E-state index in [1.807, 2.05) is 13.8 Å². The predicted octanol–water partition coefficient (Wildman–Crippen LogP) is 3.66. The summed E-state index contributed by atoms with van der Waals surface area (Å²) in [6, 6.07) is 11.2. The van der Waals surface area contributed by atoms with Crippen molar-refractivity contribution in [2.45, 2.75) is 27.2 Å². The lowest BCUT2D eigenvalue weighted by atomic mass is 9.99. The number of hydrogen-bond acceptors (Lipinski definition) is 3. The van der Waals surface area contributed by atoms with Crippen molar-refractivity contribution >= 4 is 5.97 Å². The van der Waals surface area contributed by atoms with Gasteiger partial charge in [0.05, 0.1) is 18.1 Å². The fourth-order valence-electron chi connectivity index (χ4n) is 2.35. The molecule has 0 fully saturated rings. The van der Waals surface area contributed by atoms with Crippen LogP contribution in [0.15, 0.2) is 24.3 Å². The Balaban J connectivity index is 0.00000127. The van der Waals surface area contributed by atoms with Crippen molar-refractivity contribution in [3.63, 3.8) is 0 Å². The molecule has 0 radical (unpaired) electrons. The maximum atomic E-state index is 11.5. The number of hydrogen-bond donors (Lipinski definition) is 1. The number of rotatable bonds is 3. The first-order valence-electron chi connectivity index (χ1n) is 7.30. The highest BCUT2D eigenvalue weighted by Crippen LogP contribution is 2.32. The van der Waals surface area contributed by atoms with E-state index in [4.69, 9.17) is 5.26 Å². The van der Waals surface area contributed by atoms with Gasteiger partial charge in [-0.2, -0.15) is 10.5 Å². The highest BCUT2D eigenvalue weighted by molar-refractivity contribution is 5.97. The fraction of sp³-hybridized carbons (Fsp3) is 0.278. The summed E-state index contributed by atoms with van der Waals surface area (Å²) in [4.78, 5) is 11.5. The molecule has 0 aliphatic carbocycles. The summed E-state index contributed by atoms with van der Waals surface area (Å²) in [5, 5.41) is 27.4. The van der Waals surface area contributed by atoms with Crippen molar-refractivity contribution in [3.05, 3.63) is 46.8 Å². The first-order chi connectivity index (χ1) is 11.0. The summed E-state index contributed by atoms with van der Waals surface area (Å²) in [5.41, 5.74) is 3.01. The van der Waals surface area contributed by atoms with E-state index in [0.29, 0.717) is 28.8 Å². The van der Waals surface area contributed by atoms with Gasteiger partial charge in [-0.1, -0.05) is 38.1 Å². The lowest BCUT2D eigenvalue weighted by molar-refractivity contribution is 0.0687. The van der Waals surface area contributed by atoms with E-state index < -0.39 is 5.97 Å². The van der Waals surface area contributed by atoms with E-state index in [1.54, 1.807) is 38.2 Å². The van der Waals surface area contributed by atoms with Gasteiger partial charge in [0.1, 0.15) is 11.8 Å². The van der Waals surface area contributed by atoms with Gasteiger partial charge < -0.3 is 9.67 Å². The zero-order valence-electron chi connectivity index (χ0n) is 13.7. The molecule has 1 aromatic carbocycles. The number of benzene rings is 1. The number of carboxylic acids is 1. The van der Waals surface area contributed by atoms with Crippen LogP contribution < -0.4 is 0 Å². The quantitative estimate of drug-likeness (QED) is 0.936. The maximum absolute atomic E-state index is 11.5. The van der Waals surface area contributed by atoms with Crippen LogP contribution in [0.1, 0.15) is 41.2 Å². The number of carbonyl (C=O) groups is 1. The molecule has 0 aliphatic rings. The molecule has 0 saturated heterocycles. The van der Waals surface area contributed by atoms with E-state index in [-0.39, 0.29) is 5.69 Å². The van der Waals surface area contributed by atoms with Crippen LogP contribution in [-0.4, -0.2) is 15.6 Å². The summed E-state index contributed by atoms with van der Waals surface area (Å²) in [6.07, 6.45) is 0.297. The van der Waals surface area contributed by atoms with Gasteiger partial charge >= 0.3 is 5.97 Å². The highest BCUT2D eigenvalue weighted by Gasteiger charge is 2.24. The predicted molar refractivity (Wildman–Crippen MR) is 87.9 cm³/mol. The summed E-state index contributed by atoms with van der Waals surface area (Å²) in [7, 11) is 1.63. The molecule has 1 heterocycles. The van der Waals surface area contributed by atoms with Crippen molar-refractivity contribution < 1.29 is 9.90 Å². The van der Waals surface area contributed by atoms with Crippen molar-refractivity contribution in [2.75, 3.05) is 0 Å². The fourth-order valence-corrected chi connectivity index (χ4v) is 2.35. The van der Waals surface area contributed by atoms with Crippen LogP contribution in [0.4, 0.5) is 0 Å². The third-order valence-corrected chi connectivity index (χ3v) is 3.53. The van der Waals surface area contributed by atoms with Crippen LogP contribution in [0.3, 0.4) is 0 Å². The molecule has 23 heavy (non-hydrogen) atoms. The second-order valence-corrected chi connectivity index (χ2v) is 4.69. The zero-order valence-corrected chi connectivity index (χ0v) is 13.7. The molecule has 0 saturated carbocycles. The summed E-state index contributed by atoms with van der Waals surface area (Å²) in [5.74, 6) is -1.07. The van der Waals surface area contributed by atoms with E-state index >= 15 is 0 Å². The van der Waals surface area contributed by atoms with Gasteiger partial charge in [0.15, 0.2) is 0 Å². The molecule has 0 unspecified atom stereocenters. The van der Waals surface area contributed by atoms with Gasteiger partial charge in [-0.05, 0) is 18.1 Å². The Kier molecular flexibility index (Phi) is 6.12. The molecule has 0 spiro atoms.